The Kier molecular flexibility index (Phi) is 3.79. The number of carboxylic acids is 1. The third-order valence-corrected chi connectivity index (χ3v) is 2.84. The van der Waals surface area contributed by atoms with Gasteiger partial charge >= 0.3 is 5.97 Å². The van der Waals surface area contributed by atoms with Crippen molar-refractivity contribution in [3.63, 3.8) is 0 Å². The summed E-state index contributed by atoms with van der Waals surface area (Å²) < 4.78 is 0. The van der Waals surface area contributed by atoms with Crippen molar-refractivity contribution in [2.45, 2.75) is 13.8 Å². The first-order chi connectivity index (χ1) is 9.47. The third-order valence-electron chi connectivity index (χ3n) is 2.84. The van der Waals surface area contributed by atoms with Crippen LogP contribution in [-0.2, 0) is 0 Å². The molecule has 0 aliphatic rings. The molecule has 0 radical (unpaired) electrons. The van der Waals surface area contributed by atoms with Crippen LogP contribution in [0.4, 0.5) is 5.69 Å². The third kappa shape index (κ3) is 3.00. The van der Waals surface area contributed by atoms with Gasteiger partial charge in [-0.05, 0) is 44.2 Å². The van der Waals surface area contributed by atoms with E-state index >= 15 is 0 Å². The lowest BCUT2D eigenvalue weighted by molar-refractivity contribution is 0.0697. The zero-order valence-corrected chi connectivity index (χ0v) is 11.2. The molecule has 0 spiro atoms. The van der Waals surface area contributed by atoms with Crippen LogP contribution in [0, 0.1) is 13.8 Å². The van der Waals surface area contributed by atoms with Crippen molar-refractivity contribution in [1.82, 2.24) is 4.98 Å². The lowest BCUT2D eigenvalue weighted by Crippen LogP contribution is -2.14. The van der Waals surface area contributed by atoms with E-state index in [1.54, 1.807) is 31.2 Å². The lowest BCUT2D eigenvalue weighted by atomic mass is 10.1. The minimum absolute atomic E-state index is 0.0800. The highest BCUT2D eigenvalue weighted by atomic mass is 16.4. The Morgan fingerprint density at radius 2 is 1.80 bits per heavy atom. The number of aromatic nitrogens is 1. The molecule has 2 rings (SSSR count). The number of rotatable bonds is 3. The Labute approximate surface area is 116 Å². The highest BCUT2D eigenvalue weighted by molar-refractivity contribution is 6.05. The molecule has 0 saturated carbocycles. The number of hydrogen-bond acceptors (Lipinski definition) is 3. The van der Waals surface area contributed by atoms with Crippen molar-refractivity contribution in [3.05, 3.63) is 58.9 Å². The number of aryl methyl sites for hydroxylation is 2. The van der Waals surface area contributed by atoms with Gasteiger partial charge in [-0.2, -0.15) is 0 Å². The van der Waals surface area contributed by atoms with Crippen molar-refractivity contribution >= 4 is 17.6 Å². The van der Waals surface area contributed by atoms with E-state index in [2.05, 4.69) is 10.3 Å². The van der Waals surface area contributed by atoms with Gasteiger partial charge in [0.1, 0.15) is 0 Å². The smallest absolute Gasteiger partial charge is 0.335 e. The zero-order valence-electron chi connectivity index (χ0n) is 11.2. The van der Waals surface area contributed by atoms with Gasteiger partial charge in [-0.3, -0.25) is 9.78 Å². The van der Waals surface area contributed by atoms with Crippen LogP contribution in [0.3, 0.4) is 0 Å². The maximum Gasteiger partial charge on any atom is 0.335 e. The molecule has 1 aromatic heterocycles. The Balaban J connectivity index is 2.24. The van der Waals surface area contributed by atoms with Crippen LogP contribution in [0.5, 0.6) is 0 Å². The molecule has 5 heteroatoms. The number of carbonyl (C=O) groups is 2. The van der Waals surface area contributed by atoms with E-state index in [0.717, 1.165) is 5.69 Å². The minimum atomic E-state index is -1.06. The standard InChI is InChI=1S/C15H14N2O3/c1-9-6-7-13(10(2)16-9)17-14(18)11-4-3-5-12(8-11)15(19)20/h3-8H,1-2H3,(H,17,18)(H,19,20). The molecule has 0 fully saturated rings. The average Bonchev–Trinajstić information content (AvgIpc) is 2.42. The molecule has 0 bridgehead atoms. The highest BCUT2D eigenvalue weighted by Crippen LogP contribution is 2.14. The fourth-order valence-corrected chi connectivity index (χ4v) is 1.81. The molecule has 2 aromatic rings. The van der Waals surface area contributed by atoms with E-state index < -0.39 is 5.97 Å². The number of carbonyl (C=O) groups excluding carboxylic acids is 1. The predicted octanol–water partition coefficient (Wildman–Crippen LogP) is 2.65. The Hall–Kier alpha value is -2.69. The topological polar surface area (TPSA) is 79.3 Å². The van der Waals surface area contributed by atoms with Crippen molar-refractivity contribution in [2.75, 3.05) is 5.32 Å². The second-order valence-electron chi connectivity index (χ2n) is 4.43. The summed E-state index contributed by atoms with van der Waals surface area (Å²) in [6, 6.07) is 9.47. The van der Waals surface area contributed by atoms with Crippen molar-refractivity contribution in [1.29, 1.82) is 0 Å². The zero-order chi connectivity index (χ0) is 14.7. The molecule has 2 N–H and O–H groups in total. The molecule has 0 aliphatic carbocycles. The number of benzene rings is 1. The van der Waals surface area contributed by atoms with Gasteiger partial charge in [0.05, 0.1) is 16.9 Å². The normalized spacial score (nSPS) is 10.1. The lowest BCUT2D eigenvalue weighted by Gasteiger charge is -2.08. The SMILES string of the molecule is Cc1ccc(NC(=O)c2cccc(C(=O)O)c2)c(C)n1. The van der Waals surface area contributed by atoms with Crippen LogP contribution < -0.4 is 5.32 Å². The first-order valence-corrected chi connectivity index (χ1v) is 6.06. The molecule has 1 heterocycles. The van der Waals surface area contributed by atoms with Gasteiger partial charge in [0.25, 0.3) is 5.91 Å². The summed E-state index contributed by atoms with van der Waals surface area (Å²) in [6.07, 6.45) is 0. The number of carboxylic acid groups (broad SMARTS) is 1. The van der Waals surface area contributed by atoms with Crippen molar-refractivity contribution in [2.24, 2.45) is 0 Å². The van der Waals surface area contributed by atoms with E-state index in [0.29, 0.717) is 16.9 Å². The summed E-state index contributed by atoms with van der Waals surface area (Å²) in [5.41, 5.74) is 2.57. The first-order valence-electron chi connectivity index (χ1n) is 6.06. The molecule has 0 aliphatic heterocycles. The number of nitrogens with zero attached hydrogens (tertiary/aromatic N) is 1. The molecular weight excluding hydrogens is 256 g/mol. The molecule has 1 aromatic carbocycles. The van der Waals surface area contributed by atoms with E-state index in [-0.39, 0.29) is 11.5 Å². The Morgan fingerprint density at radius 1 is 1.10 bits per heavy atom. The van der Waals surface area contributed by atoms with E-state index in [1.807, 2.05) is 6.92 Å². The summed E-state index contributed by atoms with van der Waals surface area (Å²) in [5, 5.41) is 11.6. The summed E-state index contributed by atoms with van der Waals surface area (Å²) in [4.78, 5) is 27.2. The van der Waals surface area contributed by atoms with Gasteiger partial charge in [-0.1, -0.05) is 6.07 Å². The number of aromatic carboxylic acids is 1. The maximum absolute atomic E-state index is 12.1. The molecule has 102 valence electrons. The van der Waals surface area contributed by atoms with Crippen LogP contribution in [0.2, 0.25) is 0 Å². The van der Waals surface area contributed by atoms with Gasteiger partial charge in [-0.15, -0.1) is 0 Å². The monoisotopic (exact) mass is 270 g/mol. The van der Waals surface area contributed by atoms with Crippen LogP contribution in [0.25, 0.3) is 0 Å². The minimum Gasteiger partial charge on any atom is -0.478 e. The van der Waals surface area contributed by atoms with Crippen LogP contribution in [-0.4, -0.2) is 22.0 Å². The maximum atomic E-state index is 12.1. The Morgan fingerprint density at radius 3 is 2.45 bits per heavy atom. The number of pyridine rings is 1. The molecule has 20 heavy (non-hydrogen) atoms. The second kappa shape index (κ2) is 5.52. The quantitative estimate of drug-likeness (QED) is 0.898. The van der Waals surface area contributed by atoms with E-state index in [1.165, 1.54) is 12.1 Å². The number of amides is 1. The predicted molar refractivity (Wildman–Crippen MR) is 75.1 cm³/mol. The van der Waals surface area contributed by atoms with Crippen molar-refractivity contribution in [3.8, 4) is 0 Å². The molecule has 0 saturated heterocycles. The van der Waals surface area contributed by atoms with Crippen molar-refractivity contribution < 1.29 is 14.7 Å². The number of nitrogens with one attached hydrogen (secondary N) is 1. The second-order valence-corrected chi connectivity index (χ2v) is 4.43. The number of anilines is 1. The van der Waals surface area contributed by atoms with Crippen LogP contribution >= 0.6 is 0 Å². The summed E-state index contributed by atoms with van der Waals surface area (Å²) in [5.74, 6) is -1.42. The first kappa shape index (κ1) is 13.7. The van der Waals surface area contributed by atoms with Crippen LogP contribution in [0.1, 0.15) is 32.1 Å². The molecule has 5 nitrogen and oxygen atoms in total. The fraction of sp³-hybridized carbons (Fsp3) is 0.133. The highest BCUT2D eigenvalue weighted by Gasteiger charge is 2.11. The molecule has 0 atom stereocenters. The van der Waals surface area contributed by atoms with Gasteiger partial charge in [0, 0.05) is 11.3 Å². The van der Waals surface area contributed by atoms with Gasteiger partial charge in [-0.25, -0.2) is 4.79 Å². The largest absolute Gasteiger partial charge is 0.478 e. The van der Waals surface area contributed by atoms with E-state index in [9.17, 15) is 9.59 Å². The molecule has 0 unspecified atom stereocenters. The van der Waals surface area contributed by atoms with Gasteiger partial charge < -0.3 is 10.4 Å². The van der Waals surface area contributed by atoms with E-state index in [4.69, 9.17) is 5.11 Å². The van der Waals surface area contributed by atoms with Gasteiger partial charge in [0.15, 0.2) is 0 Å². The molecular formula is C15H14N2O3. The average molecular weight is 270 g/mol. The summed E-state index contributed by atoms with van der Waals surface area (Å²) in [7, 11) is 0. The number of hydrogen-bond donors (Lipinski definition) is 2. The molecule has 1 amide bonds. The van der Waals surface area contributed by atoms with Gasteiger partial charge in [0.2, 0.25) is 0 Å². The fourth-order valence-electron chi connectivity index (χ4n) is 1.81. The summed E-state index contributed by atoms with van der Waals surface area (Å²) in [6.45, 7) is 3.67. The Bertz CT molecular complexity index is 681. The summed E-state index contributed by atoms with van der Waals surface area (Å²) >= 11 is 0. The van der Waals surface area contributed by atoms with Crippen LogP contribution in [0.15, 0.2) is 36.4 Å².